The Bertz CT molecular complexity index is 881. The summed E-state index contributed by atoms with van der Waals surface area (Å²) in [5.74, 6) is -0.793. The number of aromatic nitrogens is 1. The van der Waals surface area contributed by atoms with Gasteiger partial charge in [-0.3, -0.25) is 9.59 Å². The third-order valence-corrected chi connectivity index (χ3v) is 5.13. The Balaban J connectivity index is 1.61. The van der Waals surface area contributed by atoms with E-state index in [4.69, 9.17) is 14.2 Å². The lowest BCUT2D eigenvalue weighted by atomic mass is 10.0. The van der Waals surface area contributed by atoms with E-state index < -0.39 is 17.7 Å². The molecule has 0 aliphatic heterocycles. The lowest BCUT2D eigenvalue weighted by Gasteiger charge is -2.26. The number of aromatic hydroxyl groups is 1. The number of ether oxygens (including phenoxy) is 3. The second-order valence-electron chi connectivity index (χ2n) is 7.61. The van der Waals surface area contributed by atoms with Gasteiger partial charge in [-0.1, -0.05) is 25.1 Å². The van der Waals surface area contributed by atoms with Crippen LogP contribution in [0.25, 0.3) is 0 Å². The molecule has 0 radical (unpaired) electrons. The van der Waals surface area contributed by atoms with Crippen LogP contribution in [-0.4, -0.2) is 41.2 Å². The van der Waals surface area contributed by atoms with Gasteiger partial charge in [0.05, 0.1) is 13.0 Å². The molecule has 0 bridgehead atoms. The molecule has 1 aromatic heterocycles. The molecular formula is C23H27NO6. The van der Waals surface area contributed by atoms with E-state index in [1.165, 1.54) is 19.4 Å². The second kappa shape index (κ2) is 9.61. The summed E-state index contributed by atoms with van der Waals surface area (Å²) in [6.07, 6.45) is 2.53. The van der Waals surface area contributed by atoms with Crippen molar-refractivity contribution in [3.8, 4) is 17.2 Å². The fourth-order valence-corrected chi connectivity index (χ4v) is 3.29. The molecule has 2 aromatic rings. The van der Waals surface area contributed by atoms with E-state index in [0.29, 0.717) is 0 Å². The molecule has 1 heterocycles. The molecule has 1 unspecified atom stereocenters. The van der Waals surface area contributed by atoms with Gasteiger partial charge in [0.2, 0.25) is 0 Å². The van der Waals surface area contributed by atoms with Crippen molar-refractivity contribution < 1.29 is 28.9 Å². The van der Waals surface area contributed by atoms with E-state index >= 15 is 0 Å². The van der Waals surface area contributed by atoms with Crippen LogP contribution in [-0.2, 0) is 9.53 Å². The van der Waals surface area contributed by atoms with Crippen LogP contribution >= 0.6 is 0 Å². The van der Waals surface area contributed by atoms with Crippen LogP contribution in [0.15, 0.2) is 42.6 Å². The number of nitrogens with zero attached hydrogens (tertiary/aromatic N) is 1. The summed E-state index contributed by atoms with van der Waals surface area (Å²) in [5.41, 5.74) is -0.117. The summed E-state index contributed by atoms with van der Waals surface area (Å²) < 4.78 is 16.7. The van der Waals surface area contributed by atoms with Gasteiger partial charge in [-0.25, -0.2) is 4.98 Å². The third-order valence-electron chi connectivity index (χ3n) is 5.13. The van der Waals surface area contributed by atoms with E-state index in [-0.39, 0.29) is 41.7 Å². The van der Waals surface area contributed by atoms with Crippen molar-refractivity contribution in [1.82, 2.24) is 4.98 Å². The molecule has 1 saturated carbocycles. The van der Waals surface area contributed by atoms with Gasteiger partial charge in [0.15, 0.2) is 23.0 Å². The van der Waals surface area contributed by atoms with Crippen LogP contribution in [0.4, 0.5) is 0 Å². The summed E-state index contributed by atoms with van der Waals surface area (Å²) in [7, 11) is 1.39. The van der Waals surface area contributed by atoms with Gasteiger partial charge in [-0.2, -0.15) is 0 Å². The Morgan fingerprint density at radius 2 is 1.87 bits per heavy atom. The predicted molar refractivity (Wildman–Crippen MR) is 110 cm³/mol. The number of esters is 1. The van der Waals surface area contributed by atoms with Gasteiger partial charge in [0.1, 0.15) is 18.0 Å². The lowest BCUT2D eigenvalue weighted by Crippen LogP contribution is -2.37. The monoisotopic (exact) mass is 413 g/mol. The number of methoxy groups -OCH3 is 1. The summed E-state index contributed by atoms with van der Waals surface area (Å²) in [6.45, 7) is 3.52. The zero-order valence-electron chi connectivity index (χ0n) is 17.4. The van der Waals surface area contributed by atoms with Crippen molar-refractivity contribution in [2.75, 3.05) is 7.11 Å². The highest BCUT2D eigenvalue weighted by Gasteiger charge is 2.40. The molecule has 3 atom stereocenters. The number of carbonyl (C=O) groups excluding carboxylic acids is 2. The first-order chi connectivity index (χ1) is 14.4. The van der Waals surface area contributed by atoms with Crippen LogP contribution in [0.3, 0.4) is 0 Å². The lowest BCUT2D eigenvalue weighted by molar-refractivity contribution is -0.159. The molecule has 0 amide bonds. The highest BCUT2D eigenvalue weighted by atomic mass is 16.6. The molecule has 160 valence electrons. The molecule has 7 heteroatoms. The SMILES string of the molecule is COc1ccnc(C(=O)C[C@@H](C)C(=O)OC(C2CC2)[C@H](C)Oc2ccccc2)c1O. The first-order valence-electron chi connectivity index (χ1n) is 10.1. The molecule has 1 N–H and O–H groups in total. The van der Waals surface area contributed by atoms with Crippen molar-refractivity contribution in [3.05, 3.63) is 48.3 Å². The summed E-state index contributed by atoms with van der Waals surface area (Å²) in [5, 5.41) is 10.1. The average molecular weight is 413 g/mol. The normalized spacial score (nSPS) is 16.2. The number of rotatable bonds is 10. The number of benzene rings is 1. The van der Waals surface area contributed by atoms with Crippen LogP contribution < -0.4 is 9.47 Å². The third kappa shape index (κ3) is 5.28. The van der Waals surface area contributed by atoms with Crippen LogP contribution in [0.5, 0.6) is 17.2 Å². The number of para-hydroxylation sites is 1. The fourth-order valence-electron chi connectivity index (χ4n) is 3.29. The first-order valence-corrected chi connectivity index (χ1v) is 10.1. The molecular weight excluding hydrogens is 386 g/mol. The number of Topliss-reactive ketones (excluding diaryl/α,β-unsaturated/α-hetero) is 1. The number of ketones is 1. The number of pyridine rings is 1. The zero-order chi connectivity index (χ0) is 21.7. The summed E-state index contributed by atoms with van der Waals surface area (Å²) in [4.78, 5) is 29.1. The van der Waals surface area contributed by atoms with E-state index in [1.54, 1.807) is 6.92 Å². The number of hydrogen-bond acceptors (Lipinski definition) is 7. The Kier molecular flexibility index (Phi) is 6.92. The Hall–Kier alpha value is -3.09. The van der Waals surface area contributed by atoms with Gasteiger partial charge in [-0.15, -0.1) is 0 Å². The molecule has 1 fully saturated rings. The predicted octanol–water partition coefficient (Wildman–Crippen LogP) is 3.79. The maximum absolute atomic E-state index is 12.7. The Morgan fingerprint density at radius 3 is 2.50 bits per heavy atom. The maximum atomic E-state index is 12.7. The first kappa shape index (κ1) is 21.6. The van der Waals surface area contributed by atoms with E-state index in [9.17, 15) is 14.7 Å². The molecule has 1 aliphatic rings. The molecule has 30 heavy (non-hydrogen) atoms. The smallest absolute Gasteiger partial charge is 0.309 e. The maximum Gasteiger partial charge on any atom is 0.309 e. The Morgan fingerprint density at radius 1 is 1.17 bits per heavy atom. The van der Waals surface area contributed by atoms with E-state index in [1.807, 2.05) is 37.3 Å². The molecule has 0 spiro atoms. The molecule has 3 rings (SSSR count). The van der Waals surface area contributed by atoms with E-state index in [0.717, 1.165) is 18.6 Å². The minimum Gasteiger partial charge on any atom is -0.503 e. The van der Waals surface area contributed by atoms with Gasteiger partial charge in [0, 0.05) is 18.7 Å². The van der Waals surface area contributed by atoms with Gasteiger partial charge < -0.3 is 19.3 Å². The highest BCUT2D eigenvalue weighted by Crippen LogP contribution is 2.37. The van der Waals surface area contributed by atoms with E-state index in [2.05, 4.69) is 4.98 Å². The fraction of sp³-hybridized carbons (Fsp3) is 0.435. The quantitative estimate of drug-likeness (QED) is 0.468. The van der Waals surface area contributed by atoms with Crippen molar-refractivity contribution in [2.24, 2.45) is 11.8 Å². The van der Waals surface area contributed by atoms with Gasteiger partial charge in [0.25, 0.3) is 0 Å². The molecule has 0 saturated heterocycles. The molecule has 1 aliphatic carbocycles. The van der Waals surface area contributed by atoms with Gasteiger partial charge in [-0.05, 0) is 37.8 Å². The second-order valence-corrected chi connectivity index (χ2v) is 7.61. The zero-order valence-corrected chi connectivity index (χ0v) is 17.4. The van der Waals surface area contributed by atoms with Crippen molar-refractivity contribution >= 4 is 11.8 Å². The standard InChI is InChI=1S/C23H27NO6/c1-14(13-18(25)20-21(26)19(28-3)11-12-24-20)23(27)30-22(16-9-10-16)15(2)29-17-7-5-4-6-8-17/h4-8,11-12,14-16,22,26H,9-10,13H2,1-3H3/t14-,15+,22?/m1/s1. The topological polar surface area (TPSA) is 95.0 Å². The van der Waals surface area contributed by atoms with Crippen molar-refractivity contribution in [2.45, 2.75) is 45.3 Å². The summed E-state index contributed by atoms with van der Waals surface area (Å²) >= 11 is 0. The minimum atomic E-state index is -0.685. The van der Waals surface area contributed by atoms with Crippen LogP contribution in [0.1, 0.15) is 43.6 Å². The Labute approximate surface area is 176 Å². The highest BCUT2D eigenvalue weighted by molar-refractivity contribution is 5.99. The largest absolute Gasteiger partial charge is 0.503 e. The average Bonchev–Trinajstić information content (AvgIpc) is 3.57. The number of hydrogen-bond donors (Lipinski definition) is 1. The van der Waals surface area contributed by atoms with Crippen LogP contribution in [0.2, 0.25) is 0 Å². The molecule has 7 nitrogen and oxygen atoms in total. The van der Waals surface area contributed by atoms with Crippen molar-refractivity contribution in [1.29, 1.82) is 0 Å². The van der Waals surface area contributed by atoms with Crippen LogP contribution in [0, 0.1) is 11.8 Å². The summed E-state index contributed by atoms with van der Waals surface area (Å²) in [6, 6.07) is 10.8. The van der Waals surface area contributed by atoms with Gasteiger partial charge >= 0.3 is 5.97 Å². The minimum absolute atomic E-state index is 0.117. The number of carbonyl (C=O) groups is 2. The van der Waals surface area contributed by atoms with Crippen molar-refractivity contribution in [3.63, 3.8) is 0 Å². The molecule has 1 aromatic carbocycles.